The molecule has 1 N–H and O–H groups in total. The molecule has 0 amide bonds. The number of nitrogens with one attached hydrogen (secondary N) is 1. The second-order valence-corrected chi connectivity index (χ2v) is 6.78. The van der Waals surface area contributed by atoms with E-state index in [4.69, 9.17) is 0 Å². The molecular weight excluding hydrogens is 320 g/mol. The van der Waals surface area contributed by atoms with Crippen LogP contribution in [0.25, 0.3) is 0 Å². The van der Waals surface area contributed by atoms with Crippen molar-refractivity contribution in [2.24, 2.45) is 0 Å². The minimum absolute atomic E-state index is 0.0705. The van der Waals surface area contributed by atoms with Crippen LogP contribution in [0.3, 0.4) is 0 Å². The van der Waals surface area contributed by atoms with Crippen molar-refractivity contribution in [3.8, 4) is 0 Å². The van der Waals surface area contributed by atoms with E-state index >= 15 is 0 Å². The lowest BCUT2D eigenvalue weighted by Gasteiger charge is -2.15. The van der Waals surface area contributed by atoms with Gasteiger partial charge in [-0.3, -0.25) is 4.98 Å². The number of methoxy groups -OCH3 is 1. The molecule has 2 aromatic rings. The quantitative estimate of drug-likeness (QED) is 0.790. The van der Waals surface area contributed by atoms with Gasteiger partial charge in [0.05, 0.1) is 13.4 Å². The van der Waals surface area contributed by atoms with Crippen LogP contribution in [-0.2, 0) is 19.6 Å². The number of aromatic nitrogens is 3. The molecule has 2 heterocycles. The SMILES string of the molecule is COC(=O)C(NS(=O)(=O)c1cn(C(C)C)cn1)c1cccnc1. The molecule has 2 aromatic heterocycles. The van der Waals surface area contributed by atoms with Crippen LogP contribution in [0.15, 0.2) is 42.1 Å². The molecule has 0 fully saturated rings. The first-order valence-corrected chi connectivity index (χ1v) is 8.37. The summed E-state index contributed by atoms with van der Waals surface area (Å²) >= 11 is 0. The number of rotatable bonds is 6. The average Bonchev–Trinajstić information content (AvgIpc) is 3.04. The van der Waals surface area contributed by atoms with E-state index in [2.05, 4.69) is 19.4 Å². The maximum atomic E-state index is 12.5. The second-order valence-electron chi connectivity index (χ2n) is 5.12. The average molecular weight is 338 g/mol. The molecule has 0 bridgehead atoms. The highest BCUT2D eigenvalue weighted by molar-refractivity contribution is 7.89. The zero-order valence-electron chi connectivity index (χ0n) is 13.0. The summed E-state index contributed by atoms with van der Waals surface area (Å²) < 4.78 is 33.6. The number of esters is 1. The molecule has 0 aromatic carbocycles. The number of hydrogen-bond donors (Lipinski definition) is 1. The van der Waals surface area contributed by atoms with Crippen molar-refractivity contribution in [3.63, 3.8) is 0 Å². The van der Waals surface area contributed by atoms with Crippen LogP contribution in [0.4, 0.5) is 0 Å². The Morgan fingerprint density at radius 1 is 1.39 bits per heavy atom. The van der Waals surface area contributed by atoms with E-state index in [1.165, 1.54) is 32.0 Å². The third-order valence-corrected chi connectivity index (χ3v) is 4.48. The lowest BCUT2D eigenvalue weighted by atomic mass is 10.1. The van der Waals surface area contributed by atoms with Crippen molar-refractivity contribution in [2.75, 3.05) is 7.11 Å². The zero-order valence-corrected chi connectivity index (χ0v) is 13.8. The van der Waals surface area contributed by atoms with E-state index in [1.807, 2.05) is 13.8 Å². The van der Waals surface area contributed by atoms with E-state index in [0.29, 0.717) is 5.56 Å². The van der Waals surface area contributed by atoms with Crippen LogP contribution < -0.4 is 4.72 Å². The Morgan fingerprint density at radius 2 is 2.13 bits per heavy atom. The van der Waals surface area contributed by atoms with Gasteiger partial charge in [0, 0.05) is 24.6 Å². The molecular formula is C14H18N4O4S. The number of sulfonamides is 1. The molecule has 8 nitrogen and oxygen atoms in total. The summed E-state index contributed by atoms with van der Waals surface area (Å²) in [5, 5.41) is -0.163. The number of imidazole rings is 1. The topological polar surface area (TPSA) is 103 Å². The molecule has 124 valence electrons. The summed E-state index contributed by atoms with van der Waals surface area (Å²) in [7, 11) is -2.80. The van der Waals surface area contributed by atoms with Gasteiger partial charge in [-0.15, -0.1) is 0 Å². The molecule has 1 unspecified atom stereocenters. The van der Waals surface area contributed by atoms with E-state index in [0.717, 1.165) is 0 Å². The number of pyridine rings is 1. The van der Waals surface area contributed by atoms with Crippen molar-refractivity contribution in [1.82, 2.24) is 19.3 Å². The Kier molecular flexibility index (Phi) is 5.12. The van der Waals surface area contributed by atoms with E-state index in [-0.39, 0.29) is 11.1 Å². The van der Waals surface area contributed by atoms with Crippen molar-refractivity contribution >= 4 is 16.0 Å². The van der Waals surface area contributed by atoms with Crippen molar-refractivity contribution in [3.05, 3.63) is 42.6 Å². The number of ether oxygens (including phenoxy) is 1. The maximum Gasteiger partial charge on any atom is 0.328 e. The lowest BCUT2D eigenvalue weighted by molar-refractivity contribution is -0.142. The smallest absolute Gasteiger partial charge is 0.328 e. The fraction of sp³-hybridized carbons (Fsp3) is 0.357. The van der Waals surface area contributed by atoms with Gasteiger partial charge in [0.2, 0.25) is 0 Å². The summed E-state index contributed by atoms with van der Waals surface area (Å²) in [6.07, 6.45) is 5.76. The minimum atomic E-state index is -3.99. The van der Waals surface area contributed by atoms with Gasteiger partial charge in [-0.1, -0.05) is 6.07 Å². The summed E-state index contributed by atoms with van der Waals surface area (Å²) in [6.45, 7) is 3.80. The van der Waals surface area contributed by atoms with E-state index < -0.39 is 22.0 Å². The van der Waals surface area contributed by atoms with Crippen LogP contribution in [0.5, 0.6) is 0 Å². The van der Waals surface area contributed by atoms with Crippen LogP contribution in [0, 0.1) is 0 Å². The second kappa shape index (κ2) is 6.88. The van der Waals surface area contributed by atoms with Crippen molar-refractivity contribution in [2.45, 2.75) is 31.0 Å². The van der Waals surface area contributed by atoms with Gasteiger partial charge in [-0.25, -0.2) is 18.2 Å². The number of hydrogen-bond acceptors (Lipinski definition) is 6. The molecule has 2 rings (SSSR count). The largest absolute Gasteiger partial charge is 0.468 e. The molecule has 0 saturated carbocycles. The minimum Gasteiger partial charge on any atom is -0.468 e. The van der Waals surface area contributed by atoms with Gasteiger partial charge in [0.25, 0.3) is 10.0 Å². The first-order chi connectivity index (χ1) is 10.8. The van der Waals surface area contributed by atoms with E-state index in [9.17, 15) is 13.2 Å². The third kappa shape index (κ3) is 3.93. The highest BCUT2D eigenvalue weighted by Crippen LogP contribution is 2.18. The van der Waals surface area contributed by atoms with E-state index in [1.54, 1.807) is 16.7 Å². The predicted molar refractivity (Wildman–Crippen MR) is 81.9 cm³/mol. The lowest BCUT2D eigenvalue weighted by Crippen LogP contribution is -2.34. The molecule has 0 radical (unpaired) electrons. The zero-order chi connectivity index (χ0) is 17.0. The van der Waals surface area contributed by atoms with Crippen molar-refractivity contribution < 1.29 is 17.9 Å². The molecule has 9 heteroatoms. The molecule has 1 atom stereocenters. The molecule has 0 saturated heterocycles. The van der Waals surface area contributed by atoms with Crippen molar-refractivity contribution in [1.29, 1.82) is 0 Å². The Morgan fingerprint density at radius 3 is 2.65 bits per heavy atom. The Hall–Kier alpha value is -2.26. The number of nitrogens with zero attached hydrogens (tertiary/aromatic N) is 3. The molecule has 0 aliphatic heterocycles. The monoisotopic (exact) mass is 338 g/mol. The van der Waals surface area contributed by atoms with Gasteiger partial charge in [-0.2, -0.15) is 4.72 Å². The summed E-state index contributed by atoms with van der Waals surface area (Å²) in [4.78, 5) is 19.7. The van der Waals surface area contributed by atoms with Gasteiger partial charge in [0.15, 0.2) is 5.03 Å². The molecule has 23 heavy (non-hydrogen) atoms. The van der Waals surface area contributed by atoms with Crippen LogP contribution >= 0.6 is 0 Å². The summed E-state index contributed by atoms with van der Waals surface area (Å²) in [6, 6.07) is 2.07. The summed E-state index contributed by atoms with van der Waals surface area (Å²) in [5.74, 6) is -0.732. The first kappa shape index (κ1) is 17.1. The summed E-state index contributed by atoms with van der Waals surface area (Å²) in [5.41, 5.74) is 0.381. The van der Waals surface area contributed by atoms with Gasteiger partial charge < -0.3 is 9.30 Å². The highest BCUT2D eigenvalue weighted by Gasteiger charge is 2.29. The molecule has 0 aliphatic rings. The van der Waals surface area contributed by atoms with Crippen LogP contribution in [0.1, 0.15) is 31.5 Å². The predicted octanol–water partition coefficient (Wildman–Crippen LogP) is 1.05. The third-order valence-electron chi connectivity index (χ3n) is 3.18. The number of carbonyl (C=O) groups is 1. The fourth-order valence-corrected chi connectivity index (χ4v) is 2.98. The fourth-order valence-electron chi connectivity index (χ4n) is 1.87. The standard InChI is InChI=1S/C14H18N4O4S/c1-10(2)18-8-12(16-9-18)23(20,21)17-13(14(19)22-3)11-5-4-6-15-7-11/h4-10,13,17H,1-3H3. The Bertz CT molecular complexity index is 771. The molecule has 0 aliphatic carbocycles. The maximum absolute atomic E-state index is 12.5. The normalized spacial score (nSPS) is 13.0. The van der Waals surface area contributed by atoms with Gasteiger partial charge in [-0.05, 0) is 25.5 Å². The van der Waals surface area contributed by atoms with Crippen LogP contribution in [-0.4, -0.2) is 36.0 Å². The van der Waals surface area contributed by atoms with Gasteiger partial charge >= 0.3 is 5.97 Å². The van der Waals surface area contributed by atoms with Crippen LogP contribution in [0.2, 0.25) is 0 Å². The first-order valence-electron chi connectivity index (χ1n) is 6.88. The Balaban J connectivity index is 2.32. The highest BCUT2D eigenvalue weighted by atomic mass is 32.2. The van der Waals surface area contributed by atoms with Gasteiger partial charge in [0.1, 0.15) is 6.04 Å². The number of carbonyl (C=O) groups excluding carboxylic acids is 1. The Labute approximate surface area is 134 Å². The molecule has 0 spiro atoms.